The number of aromatic nitrogens is 2. The molecular weight excluding hydrogens is 452 g/mol. The number of carboxylic acid groups (broad SMARTS) is 1. The number of hydrogen-bond donors (Lipinski definition) is 1. The summed E-state index contributed by atoms with van der Waals surface area (Å²) >= 11 is 6.09. The van der Waals surface area contributed by atoms with Crippen molar-refractivity contribution in [3.63, 3.8) is 0 Å². The first kappa shape index (κ1) is 23.4. The van der Waals surface area contributed by atoms with Crippen LogP contribution >= 0.6 is 11.6 Å². The molecule has 2 aromatic carbocycles. The Morgan fingerprint density at radius 1 is 1.09 bits per heavy atom. The molecule has 6 nitrogen and oxygen atoms in total. The van der Waals surface area contributed by atoms with Gasteiger partial charge in [0, 0.05) is 23.2 Å². The van der Waals surface area contributed by atoms with Gasteiger partial charge in [0.15, 0.2) is 0 Å². The van der Waals surface area contributed by atoms with Crippen LogP contribution in [0.5, 0.6) is 5.88 Å². The molecular formula is C27H23ClN2O4. The lowest BCUT2D eigenvalue weighted by atomic mass is 10.1. The minimum absolute atomic E-state index is 0.0126. The number of nitrogens with zero attached hydrogens (tertiary/aromatic N) is 2. The number of ether oxygens (including phenoxy) is 2. The van der Waals surface area contributed by atoms with Crippen molar-refractivity contribution in [1.82, 2.24) is 9.97 Å². The van der Waals surface area contributed by atoms with Crippen LogP contribution in [-0.4, -0.2) is 34.3 Å². The van der Waals surface area contributed by atoms with Gasteiger partial charge in [-0.15, -0.1) is 0 Å². The van der Waals surface area contributed by atoms with E-state index in [0.29, 0.717) is 11.6 Å². The quantitative estimate of drug-likeness (QED) is 0.306. The molecule has 0 aliphatic rings. The molecule has 0 amide bonds. The summed E-state index contributed by atoms with van der Waals surface area (Å²) in [5.41, 5.74) is 3.56. The number of carbonyl (C=O) groups is 1. The molecule has 7 heteroatoms. The average molecular weight is 475 g/mol. The molecule has 2 heterocycles. The van der Waals surface area contributed by atoms with Crippen LogP contribution < -0.4 is 4.74 Å². The summed E-state index contributed by atoms with van der Waals surface area (Å²) in [4.78, 5) is 20.1. The second-order valence-electron chi connectivity index (χ2n) is 7.49. The summed E-state index contributed by atoms with van der Waals surface area (Å²) in [6, 6.07) is 20.5. The van der Waals surface area contributed by atoms with Crippen molar-refractivity contribution in [3.8, 4) is 5.88 Å². The van der Waals surface area contributed by atoms with Crippen LogP contribution in [0.2, 0.25) is 5.02 Å². The van der Waals surface area contributed by atoms with Gasteiger partial charge in [-0.05, 0) is 60.5 Å². The summed E-state index contributed by atoms with van der Waals surface area (Å²) in [6.07, 6.45) is 5.03. The predicted octanol–water partition coefficient (Wildman–Crippen LogP) is 6.31. The van der Waals surface area contributed by atoms with Gasteiger partial charge in [0.1, 0.15) is 18.3 Å². The lowest BCUT2D eigenvalue weighted by Gasteiger charge is -2.19. The smallest absolute Gasteiger partial charge is 0.341 e. The SMILES string of the molecule is CCOC(COc1ncccc1C(=O)O)c1cccc(/C=C/c2ccc3ccc(Cl)cc3n2)c1. The van der Waals surface area contributed by atoms with Gasteiger partial charge in [-0.3, -0.25) is 0 Å². The highest BCUT2D eigenvalue weighted by Crippen LogP contribution is 2.23. The lowest BCUT2D eigenvalue weighted by molar-refractivity contribution is 0.0247. The van der Waals surface area contributed by atoms with E-state index in [1.54, 1.807) is 6.07 Å². The number of rotatable bonds is 9. The van der Waals surface area contributed by atoms with Crippen LogP contribution in [0.1, 0.15) is 40.2 Å². The molecule has 0 fully saturated rings. The molecule has 0 bridgehead atoms. The van der Waals surface area contributed by atoms with E-state index in [4.69, 9.17) is 21.1 Å². The van der Waals surface area contributed by atoms with Crippen LogP contribution in [0.25, 0.3) is 23.1 Å². The largest absolute Gasteiger partial charge is 0.477 e. The molecule has 1 unspecified atom stereocenters. The van der Waals surface area contributed by atoms with Crippen LogP contribution in [0.4, 0.5) is 0 Å². The zero-order chi connectivity index (χ0) is 23.9. The van der Waals surface area contributed by atoms with Crippen molar-refractivity contribution < 1.29 is 19.4 Å². The Morgan fingerprint density at radius 3 is 2.76 bits per heavy atom. The number of hydrogen-bond acceptors (Lipinski definition) is 5. The van der Waals surface area contributed by atoms with Crippen LogP contribution in [0.15, 0.2) is 72.9 Å². The van der Waals surface area contributed by atoms with E-state index in [-0.39, 0.29) is 24.2 Å². The molecule has 1 N–H and O–H groups in total. The Balaban J connectivity index is 1.52. The molecule has 0 aliphatic heterocycles. The average Bonchev–Trinajstić information content (AvgIpc) is 2.85. The first-order chi connectivity index (χ1) is 16.5. The van der Waals surface area contributed by atoms with Crippen molar-refractivity contribution in [3.05, 3.63) is 100 Å². The summed E-state index contributed by atoms with van der Waals surface area (Å²) in [6.45, 7) is 2.51. The molecule has 4 rings (SSSR count). The number of aromatic carboxylic acids is 1. The summed E-state index contributed by atoms with van der Waals surface area (Å²) in [5, 5.41) is 11.0. The third-order valence-corrected chi connectivity index (χ3v) is 5.38. The molecule has 1 atom stereocenters. The molecule has 0 spiro atoms. The minimum atomic E-state index is -1.09. The fourth-order valence-electron chi connectivity index (χ4n) is 3.51. The number of pyridine rings is 2. The van der Waals surface area contributed by atoms with E-state index in [9.17, 15) is 9.90 Å². The van der Waals surface area contributed by atoms with Crippen molar-refractivity contribution in [2.24, 2.45) is 0 Å². The standard InChI is InChI=1S/C27H23ClN2O4/c1-2-33-25(17-34-26-23(27(31)32)7-4-14-29-26)20-6-3-5-18(15-20)8-12-22-13-10-19-9-11-21(28)16-24(19)30-22/h3-16,25H,2,17H2,1H3,(H,31,32)/b12-8+. The highest BCUT2D eigenvalue weighted by atomic mass is 35.5. The highest BCUT2D eigenvalue weighted by Gasteiger charge is 2.17. The molecule has 4 aromatic rings. The Labute approximate surface area is 202 Å². The first-order valence-corrected chi connectivity index (χ1v) is 11.2. The topological polar surface area (TPSA) is 81.5 Å². The molecule has 34 heavy (non-hydrogen) atoms. The fourth-order valence-corrected chi connectivity index (χ4v) is 3.67. The maximum atomic E-state index is 11.4. The van der Waals surface area contributed by atoms with Crippen LogP contribution in [-0.2, 0) is 4.74 Å². The Hall–Kier alpha value is -3.74. The molecule has 0 saturated heterocycles. The number of benzene rings is 2. The molecule has 0 radical (unpaired) electrons. The molecule has 0 saturated carbocycles. The van der Waals surface area contributed by atoms with Gasteiger partial charge in [0.05, 0.1) is 11.2 Å². The van der Waals surface area contributed by atoms with E-state index in [0.717, 1.165) is 27.7 Å². The maximum absolute atomic E-state index is 11.4. The van der Waals surface area contributed by atoms with E-state index in [2.05, 4.69) is 9.97 Å². The van der Waals surface area contributed by atoms with Gasteiger partial charge < -0.3 is 14.6 Å². The second-order valence-corrected chi connectivity index (χ2v) is 7.93. The van der Waals surface area contributed by atoms with E-state index in [1.807, 2.05) is 73.7 Å². The van der Waals surface area contributed by atoms with E-state index >= 15 is 0 Å². The predicted molar refractivity (Wildman–Crippen MR) is 133 cm³/mol. The first-order valence-electron chi connectivity index (χ1n) is 10.8. The minimum Gasteiger partial charge on any atom is -0.477 e. The summed E-state index contributed by atoms with van der Waals surface area (Å²) in [7, 11) is 0. The Bertz CT molecular complexity index is 1340. The molecule has 172 valence electrons. The van der Waals surface area contributed by atoms with Crippen molar-refractivity contribution in [2.45, 2.75) is 13.0 Å². The van der Waals surface area contributed by atoms with E-state index < -0.39 is 5.97 Å². The van der Waals surface area contributed by atoms with Crippen molar-refractivity contribution >= 4 is 40.6 Å². The number of fused-ring (bicyclic) bond motifs is 1. The summed E-state index contributed by atoms with van der Waals surface area (Å²) in [5.74, 6) is -1.02. The highest BCUT2D eigenvalue weighted by molar-refractivity contribution is 6.31. The zero-order valence-corrected chi connectivity index (χ0v) is 19.3. The van der Waals surface area contributed by atoms with Gasteiger partial charge in [-0.25, -0.2) is 14.8 Å². The monoisotopic (exact) mass is 474 g/mol. The van der Waals surface area contributed by atoms with Crippen LogP contribution in [0, 0.1) is 0 Å². The van der Waals surface area contributed by atoms with Gasteiger partial charge in [0.2, 0.25) is 5.88 Å². The van der Waals surface area contributed by atoms with Gasteiger partial charge in [-0.2, -0.15) is 0 Å². The van der Waals surface area contributed by atoms with Gasteiger partial charge >= 0.3 is 5.97 Å². The number of carboxylic acids is 1. The van der Waals surface area contributed by atoms with Crippen molar-refractivity contribution in [1.29, 1.82) is 0 Å². The molecule has 2 aromatic heterocycles. The fraction of sp³-hybridized carbons (Fsp3) is 0.148. The lowest BCUT2D eigenvalue weighted by Crippen LogP contribution is -2.16. The van der Waals surface area contributed by atoms with Crippen LogP contribution in [0.3, 0.4) is 0 Å². The Morgan fingerprint density at radius 2 is 1.94 bits per heavy atom. The normalized spacial score (nSPS) is 12.2. The van der Waals surface area contributed by atoms with Gasteiger partial charge in [0.25, 0.3) is 0 Å². The Kier molecular flexibility index (Phi) is 7.52. The third-order valence-electron chi connectivity index (χ3n) is 5.15. The van der Waals surface area contributed by atoms with Gasteiger partial charge in [-0.1, -0.05) is 48.0 Å². The van der Waals surface area contributed by atoms with Crippen molar-refractivity contribution in [2.75, 3.05) is 13.2 Å². The zero-order valence-electron chi connectivity index (χ0n) is 18.5. The second kappa shape index (κ2) is 10.9. The summed E-state index contributed by atoms with van der Waals surface area (Å²) < 4.78 is 11.6. The maximum Gasteiger partial charge on any atom is 0.341 e. The number of halogens is 1. The van der Waals surface area contributed by atoms with E-state index in [1.165, 1.54) is 12.3 Å². The molecule has 0 aliphatic carbocycles. The third kappa shape index (κ3) is 5.78.